The number of hydrogen-bond acceptors (Lipinski definition) is 3. The second kappa shape index (κ2) is 6.38. The van der Waals surface area contributed by atoms with Crippen LogP contribution in [0.15, 0.2) is 0 Å². The normalized spacial score (nSPS) is 26.4. The summed E-state index contributed by atoms with van der Waals surface area (Å²) in [4.78, 5) is 11.2. The summed E-state index contributed by atoms with van der Waals surface area (Å²) in [5, 5.41) is 9.17. The van der Waals surface area contributed by atoms with Gasteiger partial charge < -0.3 is 5.11 Å². The van der Waals surface area contributed by atoms with Gasteiger partial charge in [0.05, 0.1) is 5.92 Å². The molecule has 0 aromatic heterocycles. The maximum absolute atomic E-state index is 11.2. The number of carbonyl (C=O) groups is 1. The maximum Gasteiger partial charge on any atom is 0.306 e. The van der Waals surface area contributed by atoms with Gasteiger partial charge in [0, 0.05) is 12.0 Å². The van der Waals surface area contributed by atoms with Crippen molar-refractivity contribution in [2.24, 2.45) is 11.8 Å². The van der Waals surface area contributed by atoms with Gasteiger partial charge >= 0.3 is 5.97 Å². The van der Waals surface area contributed by atoms with Gasteiger partial charge in [-0.05, 0) is 31.6 Å². The second-order valence-corrected chi connectivity index (χ2v) is 7.37. The molecular formula is C12H22O4S. The largest absolute Gasteiger partial charge is 0.481 e. The van der Waals surface area contributed by atoms with Crippen LogP contribution >= 0.6 is 0 Å². The smallest absolute Gasteiger partial charge is 0.306 e. The predicted molar refractivity (Wildman–Crippen MR) is 66.6 cm³/mol. The molecule has 2 atom stereocenters. The number of rotatable bonds is 5. The van der Waals surface area contributed by atoms with E-state index in [2.05, 4.69) is 0 Å². The lowest BCUT2D eigenvalue weighted by Gasteiger charge is -2.21. The van der Waals surface area contributed by atoms with Gasteiger partial charge in [0.2, 0.25) is 0 Å². The quantitative estimate of drug-likeness (QED) is 0.770. The van der Waals surface area contributed by atoms with Crippen molar-refractivity contribution in [1.29, 1.82) is 0 Å². The van der Waals surface area contributed by atoms with Gasteiger partial charge in [-0.15, -0.1) is 0 Å². The molecule has 1 aliphatic carbocycles. The molecule has 100 valence electrons. The number of aliphatic carboxylic acids is 1. The van der Waals surface area contributed by atoms with E-state index < -0.39 is 15.8 Å². The number of sulfone groups is 1. The Labute approximate surface area is 103 Å². The maximum atomic E-state index is 11.2. The van der Waals surface area contributed by atoms with Crippen LogP contribution in [0, 0.1) is 11.8 Å². The van der Waals surface area contributed by atoms with E-state index in [1.165, 1.54) is 6.26 Å². The lowest BCUT2D eigenvalue weighted by atomic mass is 9.85. The van der Waals surface area contributed by atoms with Crippen LogP contribution in [-0.2, 0) is 14.6 Å². The highest BCUT2D eigenvalue weighted by molar-refractivity contribution is 7.90. The van der Waals surface area contributed by atoms with Crippen molar-refractivity contribution >= 4 is 15.8 Å². The van der Waals surface area contributed by atoms with Gasteiger partial charge in [-0.3, -0.25) is 4.79 Å². The fourth-order valence-electron chi connectivity index (χ4n) is 2.66. The average Bonchev–Trinajstić information content (AvgIpc) is 2.41. The molecule has 5 heteroatoms. The monoisotopic (exact) mass is 262 g/mol. The molecule has 4 nitrogen and oxygen atoms in total. The van der Waals surface area contributed by atoms with Gasteiger partial charge in [0.1, 0.15) is 9.84 Å². The fraction of sp³-hybridized carbons (Fsp3) is 0.917. The molecule has 0 radical (unpaired) electrons. The van der Waals surface area contributed by atoms with Crippen LogP contribution in [0.4, 0.5) is 0 Å². The SMILES string of the molecule is CS(=O)(=O)CCCC1CCCCCC1C(=O)O. The summed E-state index contributed by atoms with van der Waals surface area (Å²) in [5.41, 5.74) is 0. The molecule has 17 heavy (non-hydrogen) atoms. The van der Waals surface area contributed by atoms with E-state index in [0.29, 0.717) is 6.42 Å². The highest BCUT2D eigenvalue weighted by Gasteiger charge is 2.29. The molecule has 1 N–H and O–H groups in total. The molecule has 0 aliphatic heterocycles. The Hall–Kier alpha value is -0.580. The van der Waals surface area contributed by atoms with Crippen LogP contribution in [0.25, 0.3) is 0 Å². The van der Waals surface area contributed by atoms with Gasteiger partial charge in [-0.2, -0.15) is 0 Å². The Bertz CT molecular complexity index is 348. The van der Waals surface area contributed by atoms with E-state index in [4.69, 9.17) is 0 Å². The lowest BCUT2D eigenvalue weighted by molar-refractivity contribution is -0.144. The minimum Gasteiger partial charge on any atom is -0.481 e. The standard InChI is InChI=1S/C12H22O4S/c1-17(15,16)9-5-7-10-6-3-2-4-8-11(10)12(13)14/h10-11H,2-9H2,1H3,(H,13,14). The Kier molecular flexibility index (Phi) is 5.43. The van der Waals surface area contributed by atoms with E-state index >= 15 is 0 Å². The summed E-state index contributed by atoms with van der Waals surface area (Å²) in [5.74, 6) is -0.638. The molecule has 1 aliphatic rings. The Balaban J connectivity index is 2.49. The summed E-state index contributed by atoms with van der Waals surface area (Å²) >= 11 is 0. The predicted octanol–water partition coefficient (Wildman–Crippen LogP) is 2.09. The van der Waals surface area contributed by atoms with Crippen molar-refractivity contribution in [2.75, 3.05) is 12.0 Å². The molecule has 0 amide bonds. The van der Waals surface area contributed by atoms with E-state index in [9.17, 15) is 18.3 Å². The summed E-state index contributed by atoms with van der Waals surface area (Å²) in [6.45, 7) is 0. The molecule has 0 aromatic rings. The minimum absolute atomic E-state index is 0.164. The molecule has 2 unspecified atom stereocenters. The van der Waals surface area contributed by atoms with Crippen LogP contribution in [0.1, 0.15) is 44.9 Å². The Morgan fingerprint density at radius 2 is 1.88 bits per heavy atom. The number of carboxylic acids is 1. The summed E-state index contributed by atoms with van der Waals surface area (Å²) in [6, 6.07) is 0. The van der Waals surface area contributed by atoms with Crippen molar-refractivity contribution in [1.82, 2.24) is 0 Å². The topological polar surface area (TPSA) is 71.4 Å². The molecule has 0 saturated heterocycles. The van der Waals surface area contributed by atoms with E-state index in [1.807, 2.05) is 0 Å². The second-order valence-electron chi connectivity index (χ2n) is 5.11. The van der Waals surface area contributed by atoms with Gasteiger partial charge in [-0.25, -0.2) is 8.42 Å². The van der Waals surface area contributed by atoms with Crippen molar-refractivity contribution in [3.05, 3.63) is 0 Å². The number of carboxylic acid groups (broad SMARTS) is 1. The first kappa shape index (κ1) is 14.5. The summed E-state index contributed by atoms with van der Waals surface area (Å²) in [6.07, 6.45) is 7.39. The minimum atomic E-state index is -2.92. The Morgan fingerprint density at radius 3 is 2.47 bits per heavy atom. The van der Waals surface area contributed by atoms with Crippen molar-refractivity contribution in [2.45, 2.75) is 44.9 Å². The van der Waals surface area contributed by atoms with E-state index in [1.54, 1.807) is 0 Å². The van der Waals surface area contributed by atoms with Crippen LogP contribution in [0.5, 0.6) is 0 Å². The summed E-state index contributed by atoms with van der Waals surface area (Å²) < 4.78 is 22.1. The summed E-state index contributed by atoms with van der Waals surface area (Å²) in [7, 11) is -2.92. The molecule has 1 fully saturated rings. The first-order chi connectivity index (χ1) is 7.90. The first-order valence-corrected chi connectivity index (χ1v) is 8.37. The van der Waals surface area contributed by atoms with Crippen LogP contribution < -0.4 is 0 Å². The highest BCUT2D eigenvalue weighted by atomic mass is 32.2. The molecule has 0 heterocycles. The van der Waals surface area contributed by atoms with Crippen molar-refractivity contribution in [3.63, 3.8) is 0 Å². The van der Waals surface area contributed by atoms with Crippen LogP contribution in [0.2, 0.25) is 0 Å². The van der Waals surface area contributed by atoms with Crippen molar-refractivity contribution in [3.8, 4) is 0 Å². The number of hydrogen-bond donors (Lipinski definition) is 1. The molecule has 0 spiro atoms. The zero-order valence-corrected chi connectivity index (χ0v) is 11.2. The fourth-order valence-corrected chi connectivity index (χ4v) is 3.35. The molecule has 0 bridgehead atoms. The van der Waals surface area contributed by atoms with E-state index in [-0.39, 0.29) is 17.6 Å². The van der Waals surface area contributed by atoms with Gasteiger partial charge in [0.25, 0.3) is 0 Å². The molecule has 1 saturated carbocycles. The zero-order chi connectivity index (χ0) is 12.9. The Morgan fingerprint density at radius 1 is 1.24 bits per heavy atom. The molecular weight excluding hydrogens is 240 g/mol. The van der Waals surface area contributed by atoms with E-state index in [0.717, 1.165) is 38.5 Å². The third kappa shape index (κ3) is 5.52. The lowest BCUT2D eigenvalue weighted by Crippen LogP contribution is -2.23. The zero-order valence-electron chi connectivity index (χ0n) is 10.4. The van der Waals surface area contributed by atoms with Gasteiger partial charge in [-0.1, -0.05) is 19.3 Å². The van der Waals surface area contributed by atoms with Crippen LogP contribution in [-0.4, -0.2) is 31.5 Å². The van der Waals surface area contributed by atoms with Gasteiger partial charge in [0.15, 0.2) is 0 Å². The van der Waals surface area contributed by atoms with Crippen molar-refractivity contribution < 1.29 is 18.3 Å². The van der Waals surface area contributed by atoms with Crippen LogP contribution in [0.3, 0.4) is 0 Å². The molecule has 1 rings (SSSR count). The highest BCUT2D eigenvalue weighted by Crippen LogP contribution is 2.32. The third-order valence-electron chi connectivity index (χ3n) is 3.57. The average molecular weight is 262 g/mol. The molecule has 0 aromatic carbocycles. The first-order valence-electron chi connectivity index (χ1n) is 6.30. The third-order valence-corrected chi connectivity index (χ3v) is 4.60.